The van der Waals surface area contributed by atoms with E-state index in [4.69, 9.17) is 5.73 Å². The summed E-state index contributed by atoms with van der Waals surface area (Å²) in [7, 11) is 0. The number of halogens is 3. The summed E-state index contributed by atoms with van der Waals surface area (Å²) in [6.45, 7) is 4.11. The number of pyridine rings is 1. The summed E-state index contributed by atoms with van der Waals surface area (Å²) in [4.78, 5) is 15.1. The highest BCUT2D eigenvalue weighted by Crippen LogP contribution is 2.28. The molecule has 0 bridgehead atoms. The van der Waals surface area contributed by atoms with Gasteiger partial charge in [-0.3, -0.25) is 4.79 Å². The predicted octanol–water partition coefficient (Wildman–Crippen LogP) is 1.76. The number of hydrogen-bond acceptors (Lipinski definition) is 4. The molecule has 0 radical (unpaired) electrons. The molecule has 0 aromatic carbocycles. The number of hydrogen-bond donors (Lipinski definition) is 3. The van der Waals surface area contributed by atoms with Gasteiger partial charge in [-0.2, -0.15) is 13.2 Å². The van der Waals surface area contributed by atoms with Gasteiger partial charge in [-0.25, -0.2) is 4.98 Å². The summed E-state index contributed by atoms with van der Waals surface area (Å²) in [5.41, 5.74) is 3.89. The molecule has 5 nitrogen and oxygen atoms in total. The van der Waals surface area contributed by atoms with Crippen LogP contribution >= 0.6 is 0 Å². The first kappa shape index (κ1) is 17.2. The van der Waals surface area contributed by atoms with E-state index in [-0.39, 0.29) is 5.91 Å². The van der Waals surface area contributed by atoms with Crippen molar-refractivity contribution in [2.45, 2.75) is 32.0 Å². The zero-order valence-electron chi connectivity index (χ0n) is 11.9. The number of carbonyl (C=O) groups is 1. The maximum atomic E-state index is 12.3. The third-order valence-electron chi connectivity index (χ3n) is 2.62. The van der Waals surface area contributed by atoms with Crippen molar-refractivity contribution >= 4 is 11.7 Å². The highest BCUT2D eigenvalue weighted by molar-refractivity contribution is 5.84. The molecular weight excluding hydrogens is 285 g/mol. The molecule has 118 valence electrons. The second-order valence-electron chi connectivity index (χ2n) is 5.19. The number of carbonyl (C=O) groups excluding carboxylic acids is 1. The molecule has 0 atom stereocenters. The molecule has 0 saturated carbocycles. The molecule has 1 heterocycles. The van der Waals surface area contributed by atoms with Gasteiger partial charge in [-0.1, -0.05) is 0 Å². The van der Waals surface area contributed by atoms with Crippen molar-refractivity contribution < 1.29 is 18.0 Å². The van der Waals surface area contributed by atoms with Gasteiger partial charge in [0.1, 0.15) is 5.82 Å². The Morgan fingerprint density at radius 3 is 2.43 bits per heavy atom. The van der Waals surface area contributed by atoms with Gasteiger partial charge in [-0.05, 0) is 32.4 Å². The Hall–Kier alpha value is -1.83. The van der Waals surface area contributed by atoms with Crippen LogP contribution in [0, 0.1) is 0 Å². The van der Waals surface area contributed by atoms with E-state index < -0.39 is 17.3 Å². The zero-order valence-corrected chi connectivity index (χ0v) is 11.9. The Kier molecular flexibility index (Phi) is 5.54. The van der Waals surface area contributed by atoms with Gasteiger partial charge in [0.15, 0.2) is 0 Å². The Morgan fingerprint density at radius 1 is 1.29 bits per heavy atom. The topological polar surface area (TPSA) is 80.0 Å². The van der Waals surface area contributed by atoms with Crippen molar-refractivity contribution in [1.82, 2.24) is 10.3 Å². The van der Waals surface area contributed by atoms with Crippen LogP contribution in [0.1, 0.15) is 25.8 Å². The molecule has 0 aliphatic heterocycles. The van der Waals surface area contributed by atoms with E-state index in [0.717, 1.165) is 12.3 Å². The number of nitrogens with two attached hydrogens (primary N) is 1. The summed E-state index contributed by atoms with van der Waals surface area (Å²) >= 11 is 0. The normalized spacial score (nSPS) is 12.1. The van der Waals surface area contributed by atoms with E-state index in [9.17, 15) is 18.0 Å². The van der Waals surface area contributed by atoms with Crippen molar-refractivity contribution in [2.75, 3.05) is 18.4 Å². The number of amides is 1. The second-order valence-corrected chi connectivity index (χ2v) is 5.19. The van der Waals surface area contributed by atoms with Gasteiger partial charge in [0.25, 0.3) is 0 Å². The quantitative estimate of drug-likeness (QED) is 0.700. The molecule has 0 unspecified atom stereocenters. The summed E-state index contributed by atoms with van der Waals surface area (Å²) < 4.78 is 37.0. The van der Waals surface area contributed by atoms with Gasteiger partial charge < -0.3 is 16.4 Å². The molecule has 0 spiro atoms. The van der Waals surface area contributed by atoms with Crippen molar-refractivity contribution in [3.63, 3.8) is 0 Å². The van der Waals surface area contributed by atoms with E-state index >= 15 is 0 Å². The molecule has 1 aromatic rings. The average Bonchev–Trinajstić information content (AvgIpc) is 2.36. The third-order valence-corrected chi connectivity index (χ3v) is 2.62. The Bertz CT molecular complexity index is 466. The van der Waals surface area contributed by atoms with E-state index in [1.165, 1.54) is 6.07 Å². The van der Waals surface area contributed by atoms with Crippen molar-refractivity contribution in [3.8, 4) is 0 Å². The Labute approximate surface area is 121 Å². The first-order chi connectivity index (χ1) is 9.60. The van der Waals surface area contributed by atoms with Crippen LogP contribution in [0.5, 0.6) is 0 Å². The van der Waals surface area contributed by atoms with Crippen LogP contribution in [0.25, 0.3) is 0 Å². The Balaban J connectivity index is 2.29. The molecule has 4 N–H and O–H groups in total. The van der Waals surface area contributed by atoms with Crippen LogP contribution in [-0.2, 0) is 11.0 Å². The summed E-state index contributed by atoms with van der Waals surface area (Å²) in [6.07, 6.45) is -3.00. The number of aromatic nitrogens is 1. The van der Waals surface area contributed by atoms with Gasteiger partial charge in [0, 0.05) is 19.3 Å². The lowest BCUT2D eigenvalue weighted by atomic mass is 10.1. The lowest BCUT2D eigenvalue weighted by molar-refractivity contribution is -0.137. The molecule has 1 amide bonds. The standard InChI is InChI=1S/C13H19F3N4O/c1-12(2,17)11(21)19-7-3-6-18-10-5-4-9(8-20-10)13(14,15)16/h4-5,8H,3,6-7,17H2,1-2H3,(H,18,20)(H,19,21). The van der Waals surface area contributed by atoms with Crippen LogP contribution in [0.4, 0.5) is 19.0 Å². The van der Waals surface area contributed by atoms with Crippen LogP contribution < -0.4 is 16.4 Å². The maximum absolute atomic E-state index is 12.3. The molecule has 0 saturated heterocycles. The second kappa shape index (κ2) is 6.75. The van der Waals surface area contributed by atoms with Crippen LogP contribution in [0.3, 0.4) is 0 Å². The van der Waals surface area contributed by atoms with Gasteiger partial charge in [0.2, 0.25) is 5.91 Å². The molecule has 21 heavy (non-hydrogen) atoms. The fourth-order valence-electron chi connectivity index (χ4n) is 1.40. The molecule has 1 aromatic heterocycles. The summed E-state index contributed by atoms with van der Waals surface area (Å²) in [5, 5.41) is 5.54. The van der Waals surface area contributed by atoms with Crippen molar-refractivity contribution in [1.29, 1.82) is 0 Å². The molecular formula is C13H19F3N4O. The van der Waals surface area contributed by atoms with E-state index in [1.54, 1.807) is 13.8 Å². The monoisotopic (exact) mass is 304 g/mol. The molecule has 0 aliphatic rings. The first-order valence-corrected chi connectivity index (χ1v) is 6.45. The average molecular weight is 304 g/mol. The van der Waals surface area contributed by atoms with E-state index in [0.29, 0.717) is 25.3 Å². The highest BCUT2D eigenvalue weighted by atomic mass is 19.4. The van der Waals surface area contributed by atoms with Gasteiger partial charge in [0.05, 0.1) is 11.1 Å². The summed E-state index contributed by atoms with van der Waals surface area (Å²) in [6, 6.07) is 2.23. The minimum Gasteiger partial charge on any atom is -0.370 e. The smallest absolute Gasteiger partial charge is 0.370 e. The van der Waals surface area contributed by atoms with Crippen molar-refractivity contribution in [3.05, 3.63) is 23.9 Å². The molecule has 0 fully saturated rings. The third kappa shape index (κ3) is 5.99. The zero-order chi connectivity index (χ0) is 16.1. The minimum absolute atomic E-state index is 0.254. The first-order valence-electron chi connectivity index (χ1n) is 6.45. The molecule has 8 heteroatoms. The number of nitrogens with one attached hydrogen (secondary N) is 2. The predicted molar refractivity (Wildman–Crippen MR) is 73.6 cm³/mol. The SMILES string of the molecule is CC(C)(N)C(=O)NCCCNc1ccc(C(F)(F)F)cn1. The van der Waals surface area contributed by atoms with Crippen LogP contribution in [0.2, 0.25) is 0 Å². The maximum Gasteiger partial charge on any atom is 0.417 e. The number of rotatable bonds is 6. The molecule has 0 aliphatic carbocycles. The van der Waals surface area contributed by atoms with Gasteiger partial charge >= 0.3 is 6.18 Å². The highest BCUT2D eigenvalue weighted by Gasteiger charge is 2.30. The van der Waals surface area contributed by atoms with E-state index in [1.807, 2.05) is 0 Å². The van der Waals surface area contributed by atoms with E-state index in [2.05, 4.69) is 15.6 Å². The number of alkyl halides is 3. The van der Waals surface area contributed by atoms with Crippen molar-refractivity contribution in [2.24, 2.45) is 5.73 Å². The Morgan fingerprint density at radius 2 is 1.95 bits per heavy atom. The minimum atomic E-state index is -4.38. The van der Waals surface area contributed by atoms with Gasteiger partial charge in [-0.15, -0.1) is 0 Å². The molecule has 1 rings (SSSR count). The lowest BCUT2D eigenvalue weighted by Crippen LogP contribution is -2.49. The van der Waals surface area contributed by atoms with Crippen LogP contribution in [0.15, 0.2) is 18.3 Å². The lowest BCUT2D eigenvalue weighted by Gasteiger charge is -2.17. The summed E-state index contributed by atoms with van der Waals surface area (Å²) in [5.74, 6) is 0.101. The largest absolute Gasteiger partial charge is 0.417 e. The fraction of sp³-hybridized carbons (Fsp3) is 0.538. The van der Waals surface area contributed by atoms with Crippen LogP contribution in [-0.4, -0.2) is 29.5 Å². The number of nitrogens with zero attached hydrogens (tertiary/aromatic N) is 1. The fourth-order valence-corrected chi connectivity index (χ4v) is 1.40. The number of anilines is 1.